The molecule has 0 bridgehead atoms. The van der Waals surface area contributed by atoms with E-state index in [4.69, 9.17) is 32.3 Å². The summed E-state index contributed by atoms with van der Waals surface area (Å²) in [5.41, 5.74) is 5.41. The van der Waals surface area contributed by atoms with Gasteiger partial charge in [-0.05, 0) is 12.8 Å². The number of amides is 1. The van der Waals surface area contributed by atoms with Crippen molar-refractivity contribution >= 4 is 23.5 Å². The maximum atomic E-state index is 12.2. The van der Waals surface area contributed by atoms with Crippen LogP contribution in [0.25, 0.3) is 0 Å². The number of hydrogen-bond acceptors (Lipinski definition) is 7. The van der Waals surface area contributed by atoms with Gasteiger partial charge in [0.15, 0.2) is 0 Å². The Labute approximate surface area is 153 Å². The van der Waals surface area contributed by atoms with Crippen LogP contribution < -0.4 is 5.73 Å². The summed E-state index contributed by atoms with van der Waals surface area (Å²) in [7, 11) is 3.03. The van der Waals surface area contributed by atoms with Crippen LogP contribution in [0, 0.1) is 0 Å². The number of rotatable bonds is 13. The molecule has 8 nitrogen and oxygen atoms in total. The molecule has 0 aromatic rings. The Hall–Kier alpha value is -0.596. The van der Waals surface area contributed by atoms with Crippen LogP contribution in [0.15, 0.2) is 11.6 Å². The molecule has 1 amide bonds. The van der Waals surface area contributed by atoms with Crippen LogP contribution in [0.4, 0.5) is 0 Å². The maximum Gasteiger partial charge on any atom is 0.508 e. The summed E-state index contributed by atoms with van der Waals surface area (Å²) in [6, 6.07) is 0. The van der Waals surface area contributed by atoms with Crippen LogP contribution in [0.3, 0.4) is 0 Å². The van der Waals surface area contributed by atoms with Crippen LogP contribution in [-0.4, -0.2) is 66.2 Å². The monoisotopic (exact) mass is 395 g/mol. The second kappa shape index (κ2) is 11.2. The molecule has 2 N–H and O–H groups in total. The van der Waals surface area contributed by atoms with E-state index in [1.807, 2.05) is 13.8 Å². The molecule has 0 aromatic carbocycles. The van der Waals surface area contributed by atoms with Gasteiger partial charge in [0.05, 0.1) is 5.54 Å². The van der Waals surface area contributed by atoms with Crippen molar-refractivity contribution in [2.24, 2.45) is 5.73 Å². The molecular formula is C15H33NO7Si2. The van der Waals surface area contributed by atoms with Crippen LogP contribution in [0.5, 0.6) is 0 Å². The Morgan fingerprint density at radius 1 is 0.840 bits per heavy atom. The Balaban J connectivity index is 6.23. The lowest BCUT2D eigenvalue weighted by Gasteiger charge is -2.34. The minimum atomic E-state index is -3.12. The first kappa shape index (κ1) is 24.4. The largest absolute Gasteiger partial charge is 0.508 e. The molecule has 0 aromatic heterocycles. The molecule has 0 saturated carbocycles. The summed E-state index contributed by atoms with van der Waals surface area (Å²) in [4.78, 5) is 12.2. The minimum absolute atomic E-state index is 0.249. The zero-order valence-corrected chi connectivity index (χ0v) is 18.6. The van der Waals surface area contributed by atoms with Crippen LogP contribution in [0.1, 0.15) is 26.7 Å². The van der Waals surface area contributed by atoms with Crippen molar-refractivity contribution in [1.29, 1.82) is 0 Å². The van der Waals surface area contributed by atoms with Gasteiger partial charge in [-0.25, -0.2) is 0 Å². The fourth-order valence-electron chi connectivity index (χ4n) is 3.10. The molecule has 2 unspecified atom stereocenters. The van der Waals surface area contributed by atoms with E-state index in [0.29, 0.717) is 18.4 Å². The van der Waals surface area contributed by atoms with Crippen molar-refractivity contribution in [3.8, 4) is 0 Å². The molecule has 0 fully saturated rings. The van der Waals surface area contributed by atoms with E-state index in [1.54, 1.807) is 6.08 Å². The van der Waals surface area contributed by atoms with Crippen molar-refractivity contribution in [2.45, 2.75) is 37.8 Å². The van der Waals surface area contributed by atoms with Gasteiger partial charge in [-0.15, -0.1) is 0 Å². The average Bonchev–Trinajstić information content (AvgIpc) is 2.64. The maximum absolute atomic E-state index is 12.2. The first-order valence-electron chi connectivity index (χ1n) is 8.14. The normalized spacial score (nSPS) is 15.9. The standard InChI is InChI=1S/C15H33NO7Si2/c1-9-12(24(18-3,19-4)20-5)11-13(15(16)17)14(10-2)25(21-6,22-7)23-8/h11-12,14H,9-10H2,1-8H3,(H2,16,17). The van der Waals surface area contributed by atoms with E-state index in [1.165, 1.54) is 42.7 Å². The van der Waals surface area contributed by atoms with Crippen LogP contribution in [-0.2, 0) is 31.4 Å². The van der Waals surface area contributed by atoms with Gasteiger partial charge < -0.3 is 32.3 Å². The Morgan fingerprint density at radius 2 is 1.24 bits per heavy atom. The Kier molecular flexibility index (Phi) is 10.9. The van der Waals surface area contributed by atoms with Gasteiger partial charge >= 0.3 is 17.6 Å². The summed E-state index contributed by atoms with van der Waals surface area (Å²) in [6.45, 7) is 3.89. The summed E-state index contributed by atoms with van der Waals surface area (Å²) in [5, 5.41) is 0. The predicted molar refractivity (Wildman–Crippen MR) is 98.9 cm³/mol. The molecule has 0 saturated heterocycles. The van der Waals surface area contributed by atoms with Crippen molar-refractivity contribution in [3.63, 3.8) is 0 Å². The lowest BCUT2D eigenvalue weighted by molar-refractivity contribution is -0.114. The van der Waals surface area contributed by atoms with Crippen molar-refractivity contribution in [1.82, 2.24) is 0 Å². The summed E-state index contributed by atoms with van der Waals surface area (Å²) in [6.07, 6.45) is 2.99. The van der Waals surface area contributed by atoms with Crippen molar-refractivity contribution in [3.05, 3.63) is 11.6 Å². The van der Waals surface area contributed by atoms with E-state index < -0.39 is 29.1 Å². The molecular weight excluding hydrogens is 362 g/mol. The van der Waals surface area contributed by atoms with Gasteiger partial charge in [-0.2, -0.15) is 0 Å². The van der Waals surface area contributed by atoms with E-state index in [2.05, 4.69) is 0 Å². The molecule has 0 rings (SSSR count). The highest BCUT2D eigenvalue weighted by Gasteiger charge is 2.51. The molecule has 25 heavy (non-hydrogen) atoms. The van der Waals surface area contributed by atoms with Crippen molar-refractivity contribution < 1.29 is 31.4 Å². The first-order chi connectivity index (χ1) is 11.8. The summed E-state index contributed by atoms with van der Waals surface area (Å²) < 4.78 is 33.4. The van der Waals surface area contributed by atoms with E-state index >= 15 is 0 Å². The van der Waals surface area contributed by atoms with Gasteiger partial charge in [-0.1, -0.05) is 19.9 Å². The lowest BCUT2D eigenvalue weighted by atomic mass is 10.1. The van der Waals surface area contributed by atoms with Gasteiger partial charge in [0, 0.05) is 53.8 Å². The van der Waals surface area contributed by atoms with Crippen LogP contribution in [0.2, 0.25) is 11.1 Å². The zero-order valence-electron chi connectivity index (χ0n) is 16.6. The molecule has 0 spiro atoms. The van der Waals surface area contributed by atoms with Crippen LogP contribution >= 0.6 is 0 Å². The number of carbonyl (C=O) groups excluding carboxylic acids is 1. The fourth-order valence-corrected chi connectivity index (χ4v) is 7.86. The Bertz CT molecular complexity index is 423. The second-order valence-electron chi connectivity index (χ2n) is 5.39. The SMILES string of the molecule is CCC(C=C(C(N)=O)C(CC)[Si](OC)(OC)OC)[Si](OC)(OC)OC. The van der Waals surface area contributed by atoms with Gasteiger partial charge in [0.1, 0.15) is 0 Å². The molecule has 0 heterocycles. The number of nitrogens with two attached hydrogens (primary N) is 1. The average molecular weight is 396 g/mol. The van der Waals surface area contributed by atoms with E-state index in [0.717, 1.165) is 0 Å². The molecule has 10 heteroatoms. The second-order valence-corrected chi connectivity index (χ2v) is 11.7. The molecule has 0 aliphatic carbocycles. The number of carbonyl (C=O) groups is 1. The zero-order chi connectivity index (χ0) is 19.7. The summed E-state index contributed by atoms with van der Waals surface area (Å²) >= 11 is 0. The first-order valence-corrected chi connectivity index (χ1v) is 11.7. The predicted octanol–water partition coefficient (Wildman–Crippen LogP) is 1.71. The highest BCUT2D eigenvalue weighted by molar-refractivity contribution is 6.64. The quantitative estimate of drug-likeness (QED) is 0.374. The third-order valence-electron chi connectivity index (χ3n) is 4.48. The minimum Gasteiger partial charge on any atom is -0.376 e. The van der Waals surface area contributed by atoms with Gasteiger partial charge in [0.25, 0.3) is 0 Å². The number of allylic oxidation sites excluding steroid dienone is 1. The highest BCUT2D eigenvalue weighted by atomic mass is 28.4. The van der Waals surface area contributed by atoms with E-state index in [9.17, 15) is 4.79 Å². The van der Waals surface area contributed by atoms with Gasteiger partial charge in [-0.3, -0.25) is 4.79 Å². The van der Waals surface area contributed by atoms with Gasteiger partial charge in [0.2, 0.25) is 5.91 Å². The fraction of sp³-hybridized carbons (Fsp3) is 0.800. The molecule has 148 valence electrons. The highest BCUT2D eigenvalue weighted by Crippen LogP contribution is 2.38. The van der Waals surface area contributed by atoms with Crippen molar-refractivity contribution in [2.75, 3.05) is 42.7 Å². The number of primary amides is 1. The number of hydrogen-bond donors (Lipinski definition) is 1. The Morgan fingerprint density at radius 3 is 1.48 bits per heavy atom. The lowest BCUT2D eigenvalue weighted by Crippen LogP contribution is -2.50. The molecule has 0 radical (unpaired) electrons. The van der Waals surface area contributed by atoms with E-state index in [-0.39, 0.29) is 5.54 Å². The topological polar surface area (TPSA) is 98.5 Å². The third kappa shape index (κ3) is 5.20. The molecule has 2 atom stereocenters. The molecule has 0 aliphatic heterocycles. The third-order valence-corrected chi connectivity index (χ3v) is 10.9. The molecule has 0 aliphatic rings. The summed E-state index contributed by atoms with van der Waals surface area (Å²) in [5.74, 6) is -0.556. The smallest absolute Gasteiger partial charge is 0.376 e.